The van der Waals surface area contributed by atoms with Gasteiger partial charge in [-0.25, -0.2) is 43.5 Å². The third-order valence-electron chi connectivity index (χ3n) is 25.2. The van der Waals surface area contributed by atoms with Crippen molar-refractivity contribution >= 4 is 97.8 Å². The second kappa shape index (κ2) is 43.9. The van der Waals surface area contributed by atoms with E-state index in [-0.39, 0.29) is 72.6 Å². The molecular formula is C100H112ClFN10O23. The largest absolute Gasteiger partial charge is 0.493 e. The van der Waals surface area contributed by atoms with Crippen LogP contribution < -0.4 is 25.1 Å². The van der Waals surface area contributed by atoms with Crippen LogP contribution >= 0.6 is 11.6 Å². The van der Waals surface area contributed by atoms with Gasteiger partial charge in [0.25, 0.3) is 5.56 Å². The number of oxime groups is 1. The molecule has 6 saturated heterocycles. The lowest BCUT2D eigenvalue weighted by Gasteiger charge is -2.59. The fourth-order valence-corrected chi connectivity index (χ4v) is 18.5. The lowest BCUT2D eigenvalue weighted by Crippen LogP contribution is -2.70. The van der Waals surface area contributed by atoms with E-state index in [0.717, 1.165) is 127 Å². The molecular weight excluding hydrogens is 1760 g/mol. The number of carbonyl (C=O) groups is 6. The number of β-amino-alcohol motifs (C(OH)–C–C–N with tert-alkyl or cyclic N) is 1. The van der Waals surface area contributed by atoms with E-state index in [1.54, 1.807) is 43.1 Å². The van der Waals surface area contributed by atoms with Crippen molar-refractivity contribution in [2.24, 2.45) is 28.8 Å². The molecule has 9 aliphatic rings. The van der Waals surface area contributed by atoms with Crippen LogP contribution in [0.15, 0.2) is 186 Å². The zero-order valence-corrected chi connectivity index (χ0v) is 77.1. The molecule has 35 heteroatoms. The molecule has 8 aliphatic heterocycles. The quantitative estimate of drug-likeness (QED) is 0.00773. The minimum Gasteiger partial charge on any atom is -0.493 e. The van der Waals surface area contributed by atoms with Crippen LogP contribution in [0.2, 0.25) is 5.02 Å². The molecule has 10 aromatic rings. The first kappa shape index (κ1) is 98.5. The van der Waals surface area contributed by atoms with Crippen LogP contribution in [0.5, 0.6) is 17.2 Å². The summed E-state index contributed by atoms with van der Waals surface area (Å²) in [4.78, 5) is 123. The number of amides is 1. The number of para-hydroxylation sites is 1. The summed E-state index contributed by atoms with van der Waals surface area (Å²) in [6, 6.07) is 47.0. The molecule has 4 aromatic heterocycles. The average Bonchev–Trinajstić information content (AvgIpc) is 1.64. The van der Waals surface area contributed by atoms with Gasteiger partial charge in [-0.3, -0.25) is 34.0 Å². The summed E-state index contributed by atoms with van der Waals surface area (Å²) in [6.45, 7) is 22.1. The van der Waals surface area contributed by atoms with E-state index in [1.165, 1.54) is 18.5 Å². The van der Waals surface area contributed by atoms with E-state index < -0.39 is 76.9 Å². The number of fused-ring (bicyclic) bond motifs is 9. The highest BCUT2D eigenvalue weighted by molar-refractivity contribution is 6.31. The number of esters is 2. The minimum atomic E-state index is -1.85. The first-order valence-electron chi connectivity index (χ1n) is 45.1. The van der Waals surface area contributed by atoms with Gasteiger partial charge in [-0.1, -0.05) is 122 Å². The highest BCUT2D eigenvalue weighted by Gasteiger charge is 2.70. The SMILES string of the molecule is CC[C@@]1(O)C(=O)OCc2c1cc1n(c2=O)Cc2c-1nc1ccccc1c2/C=N/OC(C)(C)C.COc1cc2ncnc(Nc3ccc(F)c(Cl)c3)c2cc1OCCCN1CCOCC1.C[C@H]1[C@H](OC(=O)CCC(=O)O)O[C@@H]2O[C@@]3(C)CC[C@H]4[C@H](C)CC[C@@H]1[C@@]24OO3.O=C(C(c1ccccc1)c1ccccc1)N1CCN(CC(O)COc2cccc3ncccc23)CC1.O=C(O)/C=C/C(=O)O. The van der Waals surface area contributed by atoms with Crippen molar-refractivity contribution in [2.75, 3.05) is 91.2 Å². The number of rotatable bonds is 25. The Morgan fingerprint density at radius 3 is 2.13 bits per heavy atom. The Morgan fingerprint density at radius 2 is 1.44 bits per heavy atom. The number of aliphatic hydroxyl groups is 2. The lowest BCUT2D eigenvalue weighted by molar-refractivity contribution is -0.576. The molecule has 1 unspecified atom stereocenters. The predicted octanol–water partition coefficient (Wildman–Crippen LogP) is 13.8. The fourth-order valence-electron chi connectivity index (χ4n) is 18.3. The molecule has 12 heterocycles. The summed E-state index contributed by atoms with van der Waals surface area (Å²) in [6.07, 6.45) is 8.08. The fraction of sp³-hybridized carbons (Fsp3) is 0.420. The summed E-state index contributed by atoms with van der Waals surface area (Å²) in [5.74, 6) is -3.23. The molecule has 2 bridgehead atoms. The van der Waals surface area contributed by atoms with Crippen LogP contribution in [0.3, 0.4) is 0 Å². The number of carboxylic acid groups (broad SMARTS) is 3. The Kier molecular flexibility index (Phi) is 32.0. The van der Waals surface area contributed by atoms with Crippen LogP contribution in [-0.2, 0) is 85.8 Å². The second-order valence-corrected chi connectivity index (χ2v) is 35.8. The number of hydrogen-bond donors (Lipinski definition) is 6. The van der Waals surface area contributed by atoms with Gasteiger partial charge in [0.15, 0.2) is 29.0 Å². The van der Waals surface area contributed by atoms with Crippen molar-refractivity contribution in [1.82, 2.24) is 39.2 Å². The highest BCUT2D eigenvalue weighted by atomic mass is 35.5. The Bertz CT molecular complexity index is 5980. The third-order valence-corrected chi connectivity index (χ3v) is 25.5. The maximum Gasteiger partial charge on any atom is 0.343 e. The van der Waals surface area contributed by atoms with Crippen molar-refractivity contribution in [3.63, 3.8) is 0 Å². The monoisotopic (exact) mass is 1870 g/mol. The van der Waals surface area contributed by atoms with Crippen molar-refractivity contribution in [3.8, 4) is 28.6 Å². The van der Waals surface area contributed by atoms with Gasteiger partial charge in [0.05, 0.1) is 97.0 Å². The topological polar surface area (TPSA) is 413 Å². The van der Waals surface area contributed by atoms with Crippen LogP contribution in [0, 0.1) is 29.5 Å². The number of nitrogens with zero attached hydrogens (tertiary/aromatic N) is 9. The number of cyclic esters (lactones) is 1. The zero-order valence-electron chi connectivity index (χ0n) is 76.4. The summed E-state index contributed by atoms with van der Waals surface area (Å²) < 4.78 is 60.9. The van der Waals surface area contributed by atoms with Gasteiger partial charge in [-0.15, -0.1) is 0 Å². The molecule has 1 aliphatic carbocycles. The number of halogens is 2. The molecule has 135 heavy (non-hydrogen) atoms. The predicted molar refractivity (Wildman–Crippen MR) is 496 cm³/mol. The van der Waals surface area contributed by atoms with Crippen LogP contribution in [0.4, 0.5) is 15.9 Å². The van der Waals surface area contributed by atoms with Gasteiger partial charge in [0.1, 0.15) is 48.6 Å². The average molecular weight is 1880 g/mol. The summed E-state index contributed by atoms with van der Waals surface area (Å²) in [5, 5.41) is 56.1. The number of aromatic nitrogens is 5. The number of benzene rings is 6. The van der Waals surface area contributed by atoms with Crippen LogP contribution in [-0.4, -0.2) is 228 Å². The number of anilines is 2. The number of pyridine rings is 3. The van der Waals surface area contributed by atoms with Gasteiger partial charge < -0.3 is 83.0 Å². The number of aliphatic carboxylic acids is 3. The van der Waals surface area contributed by atoms with Crippen molar-refractivity contribution in [3.05, 3.63) is 231 Å². The molecule has 1 saturated carbocycles. The second-order valence-electron chi connectivity index (χ2n) is 35.4. The highest BCUT2D eigenvalue weighted by Crippen LogP contribution is 2.61. The number of hydrogen-bond acceptors (Lipinski definition) is 28. The van der Waals surface area contributed by atoms with Gasteiger partial charge in [0.2, 0.25) is 18.0 Å². The normalized spacial score (nSPS) is 22.4. The van der Waals surface area contributed by atoms with E-state index in [4.69, 9.17) is 84.4 Å². The number of nitrogens with one attached hydrogen (secondary N) is 1. The van der Waals surface area contributed by atoms with E-state index in [9.17, 15) is 48.2 Å². The van der Waals surface area contributed by atoms with Crippen molar-refractivity contribution < 1.29 is 111 Å². The molecule has 19 rings (SSSR count). The van der Waals surface area contributed by atoms with Crippen molar-refractivity contribution in [1.29, 1.82) is 0 Å². The molecule has 6 aromatic carbocycles. The molecule has 1 amide bonds. The summed E-state index contributed by atoms with van der Waals surface area (Å²) in [7, 11) is 1.60. The molecule has 6 N–H and O–H groups in total. The summed E-state index contributed by atoms with van der Waals surface area (Å²) in [5.41, 5.74) is 5.10. The number of morpholine rings is 1. The standard InChI is InChI=1S/C30H31N3O3.C25H25N3O5.C22H24ClFN4O3.C19H28O8.C4H4O4/c34-25(22-36-28-15-7-14-27-26(28)13-8-16-31-27)21-32-17-19-33(20-18-32)30(35)29(23-9-3-1-4-10-23)24-11-5-2-6-12-24;1-5-25(31)18-10-20-21-16(12-28(20)22(29)17(18)13-32-23(25)30)15(11-26-33-24(2,3)4)14-8-6-7-9-19(14)27-21;1-29-20-13-19-16(12-21(20)31-8-2-5-28-6-9-30-10-7-28)22(26-14-25-19)27-15-3-4-18(24)17(23)11-15;1-10-4-5-13-11(2)16(23-15(22)7-6-14(20)21)24-17-19(13)12(10)8-9-18(3,25-17)26-27-19;5-3(6)1-2-4(7)8/h1-16,25,29,34H,17-22H2;6-11,31H,5,12-13H2,1-4H3;3-4,11-14H,2,5-10H2,1H3,(H,25,26,27);10-13,16-17H,4-9H2,1-3H3,(H,20,21);1-2H,(H,5,6)(H,7,8)/b;26-11+;;;2-1+/t;25-;;10-,11-,12+,13+,16-,17-,18-,19-;/m.0.1./s1. The minimum absolute atomic E-state index is 0.0364. The Labute approximate surface area is 783 Å². The van der Waals surface area contributed by atoms with E-state index >= 15 is 0 Å². The Hall–Kier alpha value is -12.5. The van der Waals surface area contributed by atoms with Gasteiger partial charge >= 0.3 is 29.8 Å². The number of piperazine rings is 1. The van der Waals surface area contributed by atoms with E-state index in [1.807, 2.05) is 167 Å². The molecule has 33 nitrogen and oxygen atoms in total. The van der Waals surface area contributed by atoms with Crippen molar-refractivity contribution in [2.45, 2.75) is 160 Å². The first-order chi connectivity index (χ1) is 64.8. The van der Waals surface area contributed by atoms with Crippen LogP contribution in [0.1, 0.15) is 139 Å². The number of ether oxygens (including phenoxy) is 8. The molecule has 714 valence electrons. The number of aliphatic hydroxyl groups excluding tert-OH is 1. The Balaban J connectivity index is 0.000000141. The Morgan fingerprint density at radius 1 is 0.733 bits per heavy atom. The molecule has 0 radical (unpaired) electrons. The number of methoxy groups -OCH3 is 1. The summed E-state index contributed by atoms with van der Waals surface area (Å²) >= 11 is 5.90. The molecule has 10 atom stereocenters. The van der Waals surface area contributed by atoms with Gasteiger partial charge in [-0.05, 0) is 143 Å². The zero-order chi connectivity index (χ0) is 95.9. The van der Waals surface area contributed by atoms with Gasteiger partial charge in [-0.2, -0.15) is 0 Å². The first-order valence-corrected chi connectivity index (χ1v) is 45.5. The molecule has 7 fully saturated rings. The number of carbonyl (C=O) groups excluding carboxylic acids is 3. The van der Waals surface area contributed by atoms with Gasteiger partial charge in [0, 0.05) is 134 Å². The third kappa shape index (κ3) is 23.4. The van der Waals surface area contributed by atoms with E-state index in [0.29, 0.717) is 108 Å². The number of carboxylic acids is 3. The van der Waals surface area contributed by atoms with E-state index in [2.05, 4.69) is 42.1 Å². The maximum atomic E-state index is 13.6. The van der Waals surface area contributed by atoms with Crippen LogP contribution in [0.25, 0.3) is 44.1 Å². The smallest absolute Gasteiger partial charge is 0.343 e. The maximum absolute atomic E-state index is 13.6. The lowest BCUT2D eigenvalue weighted by atomic mass is 9.58. The molecule has 1 spiro atoms.